The molecule has 2 aliphatic rings. The molecule has 7 heteroatoms. The first kappa shape index (κ1) is 28.1. The van der Waals surface area contributed by atoms with Crippen LogP contribution in [0.5, 0.6) is 0 Å². The van der Waals surface area contributed by atoms with Crippen molar-refractivity contribution in [2.75, 3.05) is 0 Å². The largest absolute Gasteiger partial charge is 0.420 e. The predicted octanol–water partition coefficient (Wildman–Crippen LogP) is 6.23. The number of ketones is 1. The van der Waals surface area contributed by atoms with Crippen LogP contribution >= 0.6 is 11.3 Å². The molecule has 5 rings (SSSR count). The number of carbonyl (C=O) groups excluding carboxylic acids is 3. The number of hydrogen-bond donors (Lipinski definition) is 1. The minimum atomic E-state index is -0.543. The molecule has 2 heterocycles. The van der Waals surface area contributed by atoms with E-state index in [0.717, 1.165) is 40.1 Å². The third-order valence-corrected chi connectivity index (χ3v) is 9.40. The van der Waals surface area contributed by atoms with Gasteiger partial charge in [0, 0.05) is 17.8 Å². The average molecular weight is 557 g/mol. The van der Waals surface area contributed by atoms with Gasteiger partial charge >= 0.3 is 5.91 Å². The molecule has 1 saturated carbocycles. The van der Waals surface area contributed by atoms with Crippen molar-refractivity contribution in [2.24, 2.45) is 23.7 Å². The van der Waals surface area contributed by atoms with Gasteiger partial charge in [-0.05, 0) is 62.3 Å². The summed E-state index contributed by atoms with van der Waals surface area (Å²) in [7, 11) is 0. The summed E-state index contributed by atoms with van der Waals surface area (Å²) in [4.78, 5) is 46.1. The number of thiazole rings is 1. The Labute approximate surface area is 240 Å². The van der Waals surface area contributed by atoms with Crippen LogP contribution in [0.1, 0.15) is 80.2 Å². The van der Waals surface area contributed by atoms with Gasteiger partial charge in [0.2, 0.25) is 17.7 Å². The van der Waals surface area contributed by atoms with E-state index >= 15 is 0 Å². The minimum absolute atomic E-state index is 0.00320. The number of benzene rings is 2. The number of aryl methyl sites for hydroxylation is 1. The summed E-state index contributed by atoms with van der Waals surface area (Å²) >= 11 is 1.63. The van der Waals surface area contributed by atoms with Crippen molar-refractivity contribution in [3.63, 3.8) is 0 Å². The second-order valence-electron chi connectivity index (χ2n) is 11.8. The van der Waals surface area contributed by atoms with Gasteiger partial charge in [-0.3, -0.25) is 9.59 Å². The maximum atomic E-state index is 14.0. The lowest BCUT2D eigenvalue weighted by atomic mass is 9.72. The molecular weight excluding hydrogens is 518 g/mol. The van der Waals surface area contributed by atoms with Crippen molar-refractivity contribution >= 4 is 35.1 Å². The van der Waals surface area contributed by atoms with E-state index in [1.807, 2.05) is 63.7 Å². The Balaban J connectivity index is 1.27. The quantitative estimate of drug-likeness (QED) is 0.334. The molecule has 3 aromatic rings. The van der Waals surface area contributed by atoms with Crippen molar-refractivity contribution in [2.45, 2.75) is 66.0 Å². The van der Waals surface area contributed by atoms with Gasteiger partial charge in [0.1, 0.15) is 5.56 Å². The zero-order valence-corrected chi connectivity index (χ0v) is 24.7. The Morgan fingerprint density at radius 2 is 1.70 bits per heavy atom. The molecule has 40 heavy (non-hydrogen) atoms. The minimum Gasteiger partial charge on any atom is -0.349 e. The molecule has 0 radical (unpaired) electrons. The summed E-state index contributed by atoms with van der Waals surface area (Å²) < 4.78 is 1.63. The number of fused-ring (bicyclic) bond motifs is 1. The van der Waals surface area contributed by atoms with E-state index < -0.39 is 6.04 Å². The maximum Gasteiger partial charge on any atom is 0.420 e. The molecule has 3 unspecified atom stereocenters. The number of nitrogens with zero attached hydrogens (tertiary/aromatic N) is 2. The average Bonchev–Trinajstić information content (AvgIpc) is 3.51. The summed E-state index contributed by atoms with van der Waals surface area (Å²) in [6.07, 6.45) is 3.84. The molecule has 2 aromatic carbocycles. The number of hydrogen-bond acceptors (Lipinski definition) is 5. The lowest BCUT2D eigenvalue weighted by Crippen LogP contribution is -2.46. The molecule has 0 saturated heterocycles. The van der Waals surface area contributed by atoms with Crippen molar-refractivity contribution in [1.29, 1.82) is 0 Å². The van der Waals surface area contributed by atoms with Crippen molar-refractivity contribution < 1.29 is 19.0 Å². The number of amides is 2. The summed E-state index contributed by atoms with van der Waals surface area (Å²) in [5.74, 6) is -0.333. The van der Waals surface area contributed by atoms with Crippen LogP contribution in [0.2, 0.25) is 0 Å². The highest BCUT2D eigenvalue weighted by Gasteiger charge is 2.46. The number of rotatable bonds is 8. The fourth-order valence-electron chi connectivity index (χ4n) is 6.35. The van der Waals surface area contributed by atoms with Gasteiger partial charge in [0.25, 0.3) is 0 Å². The zero-order chi connectivity index (χ0) is 28.6. The van der Waals surface area contributed by atoms with E-state index in [9.17, 15) is 14.4 Å². The van der Waals surface area contributed by atoms with Gasteiger partial charge < -0.3 is 5.32 Å². The molecule has 1 fully saturated rings. The molecule has 1 N–H and O–H groups in total. The molecule has 0 bridgehead atoms. The highest BCUT2D eigenvalue weighted by Crippen LogP contribution is 2.36. The molecule has 208 valence electrons. The maximum absolute atomic E-state index is 14.0. The molecule has 1 aromatic heterocycles. The van der Waals surface area contributed by atoms with Gasteiger partial charge in [0.15, 0.2) is 6.21 Å². The summed E-state index contributed by atoms with van der Waals surface area (Å²) in [6, 6.07) is 15.1. The van der Waals surface area contributed by atoms with E-state index in [2.05, 4.69) is 41.5 Å². The van der Waals surface area contributed by atoms with E-state index in [-0.39, 0.29) is 47.3 Å². The number of aromatic nitrogens is 1. The van der Waals surface area contributed by atoms with Gasteiger partial charge in [-0.25, -0.2) is 9.78 Å². The number of nitrogens with one attached hydrogen (secondary N) is 1. The third-order valence-electron chi connectivity index (χ3n) is 8.42. The second-order valence-corrected chi connectivity index (χ2v) is 12.7. The summed E-state index contributed by atoms with van der Waals surface area (Å²) in [6.45, 7) is 10.1. The van der Waals surface area contributed by atoms with E-state index in [0.29, 0.717) is 12.0 Å². The highest BCUT2D eigenvalue weighted by molar-refractivity contribution is 7.13. The van der Waals surface area contributed by atoms with E-state index in [1.54, 1.807) is 15.9 Å². The Kier molecular flexibility index (Phi) is 8.13. The lowest BCUT2D eigenvalue weighted by Gasteiger charge is -2.33. The van der Waals surface area contributed by atoms with E-state index in [4.69, 9.17) is 0 Å². The lowest BCUT2D eigenvalue weighted by molar-refractivity contribution is -0.459. The van der Waals surface area contributed by atoms with Crippen LogP contribution in [0.3, 0.4) is 0 Å². The summed E-state index contributed by atoms with van der Waals surface area (Å²) in [5, 5.41) is 3.21. The predicted molar refractivity (Wildman–Crippen MR) is 159 cm³/mol. The standard InChI is InChI=1S/C33H37N3O3S/c1-19(2)29(36-17-25-8-6-7-9-28(25)33(36)39)30(37)26-14-20(3)15-27(16-26)32(38)35-21(4)23-10-12-24(13-11-23)31-22(5)34-18-40-31/h6-13,17-21,26-27,29H,14-16H2,1-5H3/p+1/t20?,21?,26?,27-,29+/m1/s1. The fraction of sp³-hybridized carbons (Fsp3) is 0.424. The fourth-order valence-corrected chi connectivity index (χ4v) is 7.17. The van der Waals surface area contributed by atoms with Crippen LogP contribution in [0, 0.1) is 30.6 Å². The van der Waals surface area contributed by atoms with Crippen molar-refractivity contribution in [3.05, 3.63) is 76.4 Å². The molecule has 0 spiro atoms. The molecular formula is C33H38N3O3S+. The Morgan fingerprint density at radius 1 is 1.00 bits per heavy atom. The monoisotopic (exact) mass is 556 g/mol. The van der Waals surface area contributed by atoms with Gasteiger partial charge in [-0.1, -0.05) is 57.2 Å². The Hall–Kier alpha value is -3.45. The van der Waals surface area contributed by atoms with E-state index in [1.165, 1.54) is 0 Å². The first-order valence-corrected chi connectivity index (χ1v) is 15.1. The Morgan fingerprint density at radius 3 is 2.35 bits per heavy atom. The van der Waals surface area contributed by atoms with Crippen LogP contribution in [-0.4, -0.2) is 39.4 Å². The van der Waals surface area contributed by atoms with Crippen LogP contribution in [-0.2, 0) is 9.59 Å². The zero-order valence-electron chi connectivity index (χ0n) is 23.9. The highest BCUT2D eigenvalue weighted by atomic mass is 32.1. The molecule has 6 nitrogen and oxygen atoms in total. The molecule has 1 aliphatic carbocycles. The second kappa shape index (κ2) is 11.6. The van der Waals surface area contributed by atoms with Crippen LogP contribution < -0.4 is 5.32 Å². The van der Waals surface area contributed by atoms with Crippen molar-refractivity contribution in [3.8, 4) is 10.4 Å². The SMILES string of the molecule is Cc1ncsc1-c1ccc(C(C)NC(=O)[C@@H]2CC(C)CC(C(=O)[C@H](C(C)C)[N+]3=Cc4ccccc4C3=O)C2)cc1. The molecule has 1 aliphatic heterocycles. The number of carbonyl (C=O) groups is 3. The van der Waals surface area contributed by atoms with Crippen molar-refractivity contribution in [1.82, 2.24) is 10.3 Å². The van der Waals surface area contributed by atoms with Gasteiger partial charge in [0.05, 0.1) is 27.7 Å². The van der Waals surface area contributed by atoms with Gasteiger partial charge in [-0.15, -0.1) is 11.3 Å². The summed E-state index contributed by atoms with van der Waals surface area (Å²) in [5.41, 5.74) is 6.53. The first-order chi connectivity index (χ1) is 19.1. The van der Waals surface area contributed by atoms with Crippen LogP contribution in [0.4, 0.5) is 0 Å². The molecule has 2 amide bonds. The Bertz CT molecular complexity index is 1460. The third kappa shape index (κ3) is 5.57. The van der Waals surface area contributed by atoms with Crippen LogP contribution in [0.15, 0.2) is 54.0 Å². The first-order valence-electron chi connectivity index (χ1n) is 14.2. The number of Topliss-reactive ketones (excluding diaryl/α,β-unsaturated/α-hetero) is 1. The topological polar surface area (TPSA) is 79.1 Å². The van der Waals surface area contributed by atoms with Crippen LogP contribution in [0.25, 0.3) is 10.4 Å². The molecule has 5 atom stereocenters. The van der Waals surface area contributed by atoms with Gasteiger partial charge in [-0.2, -0.15) is 4.58 Å². The smallest absolute Gasteiger partial charge is 0.349 e. The normalized spacial score (nSPS) is 22.0.